The molecule has 2 aromatic heterocycles. The van der Waals surface area contributed by atoms with Crippen molar-refractivity contribution in [3.8, 4) is 11.5 Å². The number of oxime groups is 1. The second-order valence-corrected chi connectivity index (χ2v) is 12.3. The van der Waals surface area contributed by atoms with Gasteiger partial charge in [-0.15, -0.1) is 34.9 Å². The number of aromatic nitrogens is 3. The molecule has 4 heterocycles. The molecule has 0 aliphatic carbocycles. The molecule has 3 atom stereocenters. The SMILES string of the molecule is Nc1cc(SCC2=C(C(=O)O)N3C(=O)C(NC(=O)C(=NO[C@H](C(=O)O)c4ccc(O)c(O)c4)c4csc(N)n4)[C@@H]3SC2)ncn1. The number of carbonyl (C=O) groups is 4. The van der Waals surface area contributed by atoms with E-state index >= 15 is 0 Å². The van der Waals surface area contributed by atoms with Gasteiger partial charge in [0.05, 0.1) is 0 Å². The van der Waals surface area contributed by atoms with Gasteiger partial charge in [0.1, 0.15) is 40.0 Å². The van der Waals surface area contributed by atoms with Crippen LogP contribution in [0.15, 0.2) is 57.4 Å². The van der Waals surface area contributed by atoms with Crippen LogP contribution in [0.1, 0.15) is 17.4 Å². The summed E-state index contributed by atoms with van der Waals surface area (Å²) in [5.41, 5.74) is 11.0. The van der Waals surface area contributed by atoms with Gasteiger partial charge in [0.15, 0.2) is 22.3 Å². The molecule has 0 spiro atoms. The lowest BCUT2D eigenvalue weighted by Gasteiger charge is -2.49. The van der Waals surface area contributed by atoms with E-state index in [-0.39, 0.29) is 39.4 Å². The van der Waals surface area contributed by atoms with Crippen molar-refractivity contribution in [1.82, 2.24) is 25.2 Å². The van der Waals surface area contributed by atoms with Crippen LogP contribution >= 0.6 is 34.9 Å². The van der Waals surface area contributed by atoms with Crippen LogP contribution in [0.2, 0.25) is 0 Å². The lowest BCUT2D eigenvalue weighted by molar-refractivity contribution is -0.151. The number of hydrogen-bond donors (Lipinski definition) is 7. The highest BCUT2D eigenvalue weighted by Crippen LogP contribution is 2.41. The van der Waals surface area contributed by atoms with Crippen LogP contribution in [0.3, 0.4) is 0 Å². The number of aliphatic carboxylic acids is 2. The standard InChI is InChI=1S/C25H22N8O9S3/c26-14-4-15(29-8-28-14)43-5-10-6-44-22-17(21(37)33(22)18(10)23(38)39)31-20(36)16(11-7-45-25(27)30-11)32-42-19(24(40)41)9-1-2-12(34)13(35)3-9/h1-4,7-8,17,19,22,34-35H,5-6H2,(H2,27,30)(H,31,36)(H,38,39)(H,40,41)(H2,26,28,29)/t17?,19-,22-/m0/s1. The molecule has 0 radical (unpaired) electrons. The van der Waals surface area contributed by atoms with Gasteiger partial charge >= 0.3 is 11.9 Å². The third-order valence-corrected chi connectivity index (χ3v) is 9.37. The number of anilines is 2. The van der Waals surface area contributed by atoms with E-state index in [0.717, 1.165) is 28.4 Å². The first-order valence-electron chi connectivity index (χ1n) is 12.6. The van der Waals surface area contributed by atoms with Gasteiger partial charge in [-0.3, -0.25) is 14.5 Å². The number of β-lactam (4-membered cyclic amide) rings is 1. The van der Waals surface area contributed by atoms with Gasteiger partial charge in [0.25, 0.3) is 11.8 Å². The number of aromatic hydroxyl groups is 2. The second kappa shape index (κ2) is 12.9. The Balaban J connectivity index is 1.35. The van der Waals surface area contributed by atoms with Crippen molar-refractivity contribution in [2.24, 2.45) is 5.16 Å². The molecule has 1 unspecified atom stereocenters. The minimum absolute atomic E-state index is 0.0590. The number of carboxylic acids is 2. The lowest BCUT2D eigenvalue weighted by atomic mass is 10.0. The van der Waals surface area contributed by atoms with E-state index in [1.807, 2.05) is 0 Å². The predicted octanol–water partition coefficient (Wildman–Crippen LogP) is 0.586. The summed E-state index contributed by atoms with van der Waals surface area (Å²) in [6.45, 7) is 0. The first-order chi connectivity index (χ1) is 21.4. The molecule has 0 bridgehead atoms. The summed E-state index contributed by atoms with van der Waals surface area (Å²) in [7, 11) is 0. The van der Waals surface area contributed by atoms with E-state index in [9.17, 15) is 39.6 Å². The third kappa shape index (κ3) is 6.56. The van der Waals surface area contributed by atoms with Crippen molar-refractivity contribution < 1.29 is 44.4 Å². The maximum Gasteiger partial charge on any atom is 0.352 e. The number of nitrogens with one attached hydrogen (secondary N) is 1. The number of benzene rings is 1. The van der Waals surface area contributed by atoms with Crippen molar-refractivity contribution in [3.63, 3.8) is 0 Å². The molecular formula is C25H22N8O9S3. The molecule has 2 amide bonds. The zero-order valence-corrected chi connectivity index (χ0v) is 25.0. The Morgan fingerprint density at radius 1 is 1.18 bits per heavy atom. The van der Waals surface area contributed by atoms with Crippen molar-refractivity contribution in [1.29, 1.82) is 0 Å². The number of thiazole rings is 1. The van der Waals surface area contributed by atoms with Crippen molar-refractivity contribution in [2.45, 2.75) is 22.5 Å². The average molecular weight is 675 g/mol. The Hall–Kier alpha value is -5.08. The van der Waals surface area contributed by atoms with Gasteiger partial charge in [-0.25, -0.2) is 24.5 Å². The molecule has 45 heavy (non-hydrogen) atoms. The van der Waals surface area contributed by atoms with E-state index in [2.05, 4.69) is 25.4 Å². The highest BCUT2D eigenvalue weighted by Gasteiger charge is 2.54. The fourth-order valence-corrected chi connectivity index (χ4v) is 7.17. The summed E-state index contributed by atoms with van der Waals surface area (Å²) in [5, 5.41) is 46.4. The molecule has 2 aliphatic heterocycles. The maximum absolute atomic E-state index is 13.4. The molecule has 1 saturated heterocycles. The maximum atomic E-state index is 13.4. The molecule has 3 aromatic rings. The summed E-state index contributed by atoms with van der Waals surface area (Å²) in [4.78, 5) is 68.9. The molecule has 1 fully saturated rings. The third-order valence-electron chi connectivity index (χ3n) is 6.35. The Morgan fingerprint density at radius 2 is 1.96 bits per heavy atom. The Morgan fingerprint density at radius 3 is 2.60 bits per heavy atom. The largest absolute Gasteiger partial charge is 0.504 e. The van der Waals surface area contributed by atoms with Crippen LogP contribution in [0, 0.1) is 0 Å². The number of nitrogen functional groups attached to an aromatic ring is 2. The lowest BCUT2D eigenvalue weighted by Crippen LogP contribution is -2.71. The number of carboxylic acid groups (broad SMARTS) is 2. The van der Waals surface area contributed by atoms with Crippen LogP contribution in [0.4, 0.5) is 10.9 Å². The van der Waals surface area contributed by atoms with Crippen molar-refractivity contribution in [2.75, 3.05) is 23.0 Å². The summed E-state index contributed by atoms with van der Waals surface area (Å²) < 4.78 is 0. The first-order valence-corrected chi connectivity index (χ1v) is 15.5. The number of thioether (sulfide) groups is 2. The van der Waals surface area contributed by atoms with Gasteiger partial charge in [0, 0.05) is 28.5 Å². The molecule has 9 N–H and O–H groups in total. The summed E-state index contributed by atoms with van der Waals surface area (Å²) >= 11 is 3.43. The predicted molar refractivity (Wildman–Crippen MR) is 161 cm³/mol. The molecular weight excluding hydrogens is 653 g/mol. The van der Waals surface area contributed by atoms with Crippen molar-refractivity contribution >= 4 is 75.3 Å². The molecule has 0 saturated carbocycles. The minimum Gasteiger partial charge on any atom is -0.504 e. The summed E-state index contributed by atoms with van der Waals surface area (Å²) in [5.74, 6) is -4.91. The topological polar surface area (TPSA) is 277 Å². The molecule has 5 rings (SSSR count). The van der Waals surface area contributed by atoms with E-state index in [1.165, 1.54) is 47.4 Å². The zero-order valence-electron chi connectivity index (χ0n) is 22.6. The Kier molecular flexibility index (Phi) is 8.97. The van der Waals surface area contributed by atoms with Crippen LogP contribution in [-0.2, 0) is 24.0 Å². The van der Waals surface area contributed by atoms with Gasteiger partial charge < -0.3 is 42.0 Å². The van der Waals surface area contributed by atoms with Gasteiger partial charge in [-0.1, -0.05) is 11.2 Å². The molecule has 17 nitrogen and oxygen atoms in total. The fraction of sp³-hybridized carbons (Fsp3) is 0.200. The number of hydrogen-bond acceptors (Lipinski definition) is 16. The van der Waals surface area contributed by atoms with Crippen LogP contribution in [0.5, 0.6) is 11.5 Å². The first kappa shape index (κ1) is 31.3. The number of phenols is 2. The van der Waals surface area contributed by atoms with Gasteiger partial charge in [-0.2, -0.15) is 0 Å². The van der Waals surface area contributed by atoms with E-state index < -0.39 is 58.5 Å². The van der Waals surface area contributed by atoms with Gasteiger partial charge in [0.2, 0.25) is 6.10 Å². The smallest absolute Gasteiger partial charge is 0.352 e. The minimum atomic E-state index is -1.82. The number of carbonyl (C=O) groups excluding carboxylic acids is 2. The van der Waals surface area contributed by atoms with Crippen LogP contribution in [0.25, 0.3) is 0 Å². The molecule has 2 aliphatic rings. The number of nitrogens with two attached hydrogens (primary N) is 2. The van der Waals surface area contributed by atoms with E-state index in [4.69, 9.17) is 16.3 Å². The fourth-order valence-electron chi connectivity index (χ4n) is 4.26. The molecule has 234 valence electrons. The normalized spacial score (nSPS) is 18.5. The quantitative estimate of drug-likeness (QED) is 0.0366. The monoisotopic (exact) mass is 674 g/mol. The van der Waals surface area contributed by atoms with Crippen LogP contribution in [-0.4, -0.2) is 92.7 Å². The molecule has 1 aromatic carbocycles. The number of phenolic OH excluding ortho intramolecular Hbond substituents is 2. The van der Waals surface area contributed by atoms with Crippen LogP contribution < -0.4 is 16.8 Å². The van der Waals surface area contributed by atoms with Crippen molar-refractivity contribution in [3.05, 3.63) is 58.5 Å². The number of fused-ring (bicyclic) bond motifs is 1. The summed E-state index contributed by atoms with van der Waals surface area (Å²) in [6, 6.07) is 3.56. The highest BCUT2D eigenvalue weighted by molar-refractivity contribution is 8.01. The molecule has 20 heteroatoms. The average Bonchev–Trinajstić information content (AvgIpc) is 3.43. The van der Waals surface area contributed by atoms with Gasteiger partial charge in [-0.05, 0) is 17.7 Å². The zero-order chi connectivity index (χ0) is 32.4. The number of rotatable bonds is 11. The highest BCUT2D eigenvalue weighted by atomic mass is 32.2. The Labute approximate surface area is 265 Å². The van der Waals surface area contributed by atoms with E-state index in [1.54, 1.807) is 0 Å². The second-order valence-electron chi connectivity index (χ2n) is 9.27. The summed E-state index contributed by atoms with van der Waals surface area (Å²) in [6.07, 6.45) is -0.534. The van der Waals surface area contributed by atoms with E-state index in [0.29, 0.717) is 10.6 Å². The Bertz CT molecular complexity index is 1760. The number of amides is 2. The number of nitrogens with zero attached hydrogens (tertiary/aromatic N) is 5.